The standard InChI is InChI=1S/C42H28BN3O/c1-4-15-29(16-5-1)44(30-17-6-2-7-18-30)32-27-37-41-38(28-32)46-36-24-12-13-25-39(36)47-40-26-14-22-34(42(40)46)43(41)33-21-10-11-23-35(33)45(37)31-19-8-3-9-20-31/h1-28H. The Hall–Kier alpha value is -6.20. The van der Waals surface area contributed by atoms with E-state index < -0.39 is 0 Å². The zero-order valence-electron chi connectivity index (χ0n) is 25.5. The van der Waals surface area contributed by atoms with Gasteiger partial charge in [0, 0.05) is 34.1 Å². The molecule has 0 N–H and O–H groups in total. The highest BCUT2D eigenvalue weighted by Crippen LogP contribution is 2.54. The van der Waals surface area contributed by atoms with Crippen LogP contribution in [0.3, 0.4) is 0 Å². The minimum absolute atomic E-state index is 0.0344. The molecule has 0 fully saturated rings. The molecule has 0 bridgehead atoms. The number of benzene rings is 7. The number of hydrogen-bond acceptors (Lipinski definition) is 4. The average molecular weight is 602 g/mol. The fourth-order valence-corrected chi connectivity index (χ4v) is 7.71. The van der Waals surface area contributed by atoms with Crippen molar-refractivity contribution in [1.29, 1.82) is 0 Å². The summed E-state index contributed by atoms with van der Waals surface area (Å²) >= 11 is 0. The summed E-state index contributed by atoms with van der Waals surface area (Å²) in [7, 11) is 0. The van der Waals surface area contributed by atoms with Gasteiger partial charge in [-0.05, 0) is 89.2 Å². The Morgan fingerprint density at radius 2 is 0.979 bits per heavy atom. The normalized spacial score (nSPS) is 13.1. The fraction of sp³-hybridized carbons (Fsp3) is 0. The second-order valence-electron chi connectivity index (χ2n) is 12.2. The topological polar surface area (TPSA) is 19.0 Å². The summed E-state index contributed by atoms with van der Waals surface area (Å²) in [5, 5.41) is 0. The monoisotopic (exact) mass is 601 g/mol. The van der Waals surface area contributed by atoms with Crippen LogP contribution in [0.2, 0.25) is 0 Å². The fourth-order valence-electron chi connectivity index (χ4n) is 7.71. The van der Waals surface area contributed by atoms with Crippen molar-refractivity contribution in [3.63, 3.8) is 0 Å². The first-order valence-corrected chi connectivity index (χ1v) is 16.1. The predicted octanol–water partition coefficient (Wildman–Crippen LogP) is 9.34. The second kappa shape index (κ2) is 10.2. The molecule has 7 aromatic rings. The Balaban J connectivity index is 1.34. The third-order valence-electron chi connectivity index (χ3n) is 9.57. The molecule has 3 aliphatic rings. The molecule has 0 amide bonds. The van der Waals surface area contributed by atoms with E-state index in [1.54, 1.807) is 0 Å². The van der Waals surface area contributed by atoms with Gasteiger partial charge in [0.15, 0.2) is 11.5 Å². The predicted molar refractivity (Wildman–Crippen MR) is 195 cm³/mol. The summed E-state index contributed by atoms with van der Waals surface area (Å²) in [6.45, 7) is 0.0344. The van der Waals surface area contributed by atoms with Gasteiger partial charge in [-0.15, -0.1) is 0 Å². The number of anilines is 9. The summed E-state index contributed by atoms with van der Waals surface area (Å²) in [6, 6.07) is 60.6. The van der Waals surface area contributed by atoms with E-state index in [-0.39, 0.29) is 6.71 Å². The summed E-state index contributed by atoms with van der Waals surface area (Å²) in [5.41, 5.74) is 13.9. The van der Waals surface area contributed by atoms with Gasteiger partial charge in [0.05, 0.1) is 17.1 Å². The van der Waals surface area contributed by atoms with Crippen molar-refractivity contribution in [3.8, 4) is 11.5 Å². The zero-order valence-corrected chi connectivity index (χ0v) is 25.5. The third-order valence-corrected chi connectivity index (χ3v) is 9.57. The van der Waals surface area contributed by atoms with Gasteiger partial charge in [-0.2, -0.15) is 0 Å². The number of hydrogen-bond donors (Lipinski definition) is 0. The van der Waals surface area contributed by atoms with E-state index in [1.807, 2.05) is 6.07 Å². The van der Waals surface area contributed by atoms with Crippen molar-refractivity contribution in [1.82, 2.24) is 0 Å². The maximum atomic E-state index is 6.61. The highest BCUT2D eigenvalue weighted by Gasteiger charge is 2.46. The van der Waals surface area contributed by atoms with Gasteiger partial charge in [0.2, 0.25) is 0 Å². The Labute approximate surface area is 274 Å². The van der Waals surface area contributed by atoms with Crippen molar-refractivity contribution >= 4 is 74.3 Å². The SMILES string of the molecule is c1ccc(N(c2ccccc2)c2cc3c4c(c2)N2c5ccccc5Oc5cccc(c52)B4c2ccccc2N3c2ccccc2)cc1. The van der Waals surface area contributed by atoms with Gasteiger partial charge < -0.3 is 19.4 Å². The van der Waals surface area contributed by atoms with E-state index in [0.29, 0.717) is 0 Å². The van der Waals surface area contributed by atoms with Crippen LogP contribution in [0.1, 0.15) is 0 Å². The molecule has 0 aliphatic carbocycles. The summed E-state index contributed by atoms with van der Waals surface area (Å²) < 4.78 is 6.61. The van der Waals surface area contributed by atoms with Crippen LogP contribution < -0.4 is 35.8 Å². The Bertz CT molecular complexity index is 2270. The molecular formula is C42H28BN3O. The van der Waals surface area contributed by atoms with Crippen molar-refractivity contribution in [2.45, 2.75) is 0 Å². The largest absolute Gasteiger partial charge is 0.453 e. The Morgan fingerprint density at radius 1 is 0.426 bits per heavy atom. The van der Waals surface area contributed by atoms with Gasteiger partial charge in [0.1, 0.15) is 0 Å². The number of rotatable bonds is 4. The summed E-state index contributed by atoms with van der Waals surface area (Å²) in [4.78, 5) is 7.25. The molecule has 0 aromatic heterocycles. The Morgan fingerprint density at radius 3 is 1.70 bits per heavy atom. The average Bonchev–Trinajstić information content (AvgIpc) is 3.14. The van der Waals surface area contributed by atoms with Crippen molar-refractivity contribution in [3.05, 3.63) is 170 Å². The lowest BCUT2D eigenvalue weighted by atomic mass is 9.33. The molecule has 10 rings (SSSR count). The molecule has 220 valence electrons. The second-order valence-corrected chi connectivity index (χ2v) is 12.2. The first-order chi connectivity index (χ1) is 23.3. The van der Waals surface area contributed by atoms with E-state index in [0.717, 1.165) is 51.3 Å². The van der Waals surface area contributed by atoms with E-state index in [2.05, 4.69) is 178 Å². The van der Waals surface area contributed by atoms with Gasteiger partial charge in [0.25, 0.3) is 6.71 Å². The highest BCUT2D eigenvalue weighted by atomic mass is 16.5. The maximum Gasteiger partial charge on any atom is 0.252 e. The number of para-hydroxylation sites is 7. The lowest BCUT2D eigenvalue weighted by molar-refractivity contribution is 0.477. The van der Waals surface area contributed by atoms with Crippen LogP contribution >= 0.6 is 0 Å². The van der Waals surface area contributed by atoms with Gasteiger partial charge in [-0.25, -0.2) is 0 Å². The molecule has 3 aliphatic heterocycles. The van der Waals surface area contributed by atoms with E-state index in [1.165, 1.54) is 27.8 Å². The van der Waals surface area contributed by atoms with Crippen LogP contribution in [0.15, 0.2) is 170 Å². The highest BCUT2D eigenvalue weighted by molar-refractivity contribution is 7.00. The molecule has 3 heterocycles. The smallest absolute Gasteiger partial charge is 0.252 e. The molecule has 0 saturated heterocycles. The lowest BCUT2D eigenvalue weighted by Gasteiger charge is -2.46. The van der Waals surface area contributed by atoms with Crippen LogP contribution in [0.4, 0.5) is 51.2 Å². The van der Waals surface area contributed by atoms with Crippen LogP contribution in [0, 0.1) is 0 Å². The van der Waals surface area contributed by atoms with Crippen molar-refractivity contribution in [2.24, 2.45) is 0 Å². The summed E-state index contributed by atoms with van der Waals surface area (Å²) in [6.07, 6.45) is 0. The van der Waals surface area contributed by atoms with Crippen LogP contribution in [0.25, 0.3) is 0 Å². The maximum absolute atomic E-state index is 6.61. The summed E-state index contributed by atoms with van der Waals surface area (Å²) in [5.74, 6) is 1.73. The van der Waals surface area contributed by atoms with E-state index in [9.17, 15) is 0 Å². The number of ether oxygens (including phenoxy) is 1. The van der Waals surface area contributed by atoms with Crippen LogP contribution in [-0.4, -0.2) is 6.71 Å². The molecule has 0 saturated carbocycles. The van der Waals surface area contributed by atoms with Gasteiger partial charge >= 0.3 is 0 Å². The molecule has 5 heteroatoms. The molecule has 47 heavy (non-hydrogen) atoms. The van der Waals surface area contributed by atoms with Crippen LogP contribution in [-0.2, 0) is 0 Å². The molecule has 0 spiro atoms. The first kappa shape index (κ1) is 26.1. The zero-order chi connectivity index (χ0) is 30.9. The van der Waals surface area contributed by atoms with E-state index in [4.69, 9.17) is 4.74 Å². The lowest BCUT2D eigenvalue weighted by Crippen LogP contribution is -2.61. The minimum atomic E-state index is 0.0344. The molecule has 4 nitrogen and oxygen atoms in total. The molecule has 7 aromatic carbocycles. The number of fused-ring (bicyclic) bond motifs is 6. The van der Waals surface area contributed by atoms with Gasteiger partial charge in [-0.1, -0.05) is 97.1 Å². The van der Waals surface area contributed by atoms with Crippen molar-refractivity contribution in [2.75, 3.05) is 14.7 Å². The molecular weight excluding hydrogens is 573 g/mol. The Kier molecular flexibility index (Phi) is 5.63. The van der Waals surface area contributed by atoms with Gasteiger partial charge in [-0.3, -0.25) is 0 Å². The third kappa shape index (κ3) is 3.83. The number of nitrogens with zero attached hydrogens (tertiary/aromatic N) is 3. The quantitative estimate of drug-likeness (QED) is 0.187. The van der Waals surface area contributed by atoms with Crippen LogP contribution in [0.5, 0.6) is 11.5 Å². The van der Waals surface area contributed by atoms with Crippen molar-refractivity contribution < 1.29 is 4.74 Å². The molecule has 0 unspecified atom stereocenters. The van der Waals surface area contributed by atoms with E-state index >= 15 is 0 Å². The molecule has 0 atom stereocenters. The minimum Gasteiger partial charge on any atom is -0.453 e. The first-order valence-electron chi connectivity index (χ1n) is 16.1. The molecule has 0 radical (unpaired) electrons.